The van der Waals surface area contributed by atoms with Gasteiger partial charge in [-0.15, -0.1) is 5.10 Å². The number of carbonyl (C=O) groups excluding carboxylic acids is 2. The molecule has 0 radical (unpaired) electrons. The van der Waals surface area contributed by atoms with E-state index in [1.807, 2.05) is 0 Å². The molecule has 0 aliphatic carbocycles. The zero-order valence-electron chi connectivity index (χ0n) is 25.3. The Morgan fingerprint density at radius 2 is 1.60 bits per heavy atom. The third kappa shape index (κ3) is 8.89. The van der Waals surface area contributed by atoms with Crippen molar-refractivity contribution in [3.8, 4) is 0 Å². The van der Waals surface area contributed by atoms with E-state index in [2.05, 4.69) is 15.1 Å². The van der Waals surface area contributed by atoms with Crippen LogP contribution in [0.25, 0.3) is 5.65 Å². The molecule has 2 aromatic rings. The summed E-state index contributed by atoms with van der Waals surface area (Å²) >= 11 is 2.05. The van der Waals surface area contributed by atoms with Gasteiger partial charge in [-0.2, -0.15) is 4.98 Å². The van der Waals surface area contributed by atoms with Crippen molar-refractivity contribution in [3.05, 3.63) is 11.9 Å². The molecule has 0 saturated carbocycles. The zero-order valence-corrected chi connectivity index (χ0v) is 27.8. The lowest BCUT2D eigenvalue weighted by Crippen LogP contribution is -2.43. The Kier molecular flexibility index (Phi) is 11.3. The fourth-order valence-corrected chi connectivity index (χ4v) is 6.81. The molecule has 6 N–H and O–H groups in total. The minimum absolute atomic E-state index is 0.0109. The Balaban J connectivity index is 1.70. The van der Waals surface area contributed by atoms with Crippen LogP contribution < -0.4 is 11.5 Å². The molecule has 0 spiro atoms. The van der Waals surface area contributed by atoms with Gasteiger partial charge in [-0.3, -0.25) is 23.2 Å². The van der Waals surface area contributed by atoms with Crippen LogP contribution in [-0.4, -0.2) is 89.2 Å². The van der Waals surface area contributed by atoms with E-state index < -0.39 is 49.2 Å². The summed E-state index contributed by atoms with van der Waals surface area (Å²) in [5, 5.41) is 26.1. The van der Waals surface area contributed by atoms with Gasteiger partial charge in [0.2, 0.25) is 5.95 Å². The number of rotatable bonds is 12. The molecule has 0 amide bonds. The van der Waals surface area contributed by atoms with E-state index in [0.717, 1.165) is 23.5 Å². The smallest absolute Gasteiger partial charge is 0.387 e. The minimum atomic E-state index is -4.27. The van der Waals surface area contributed by atoms with Crippen molar-refractivity contribution < 1.29 is 42.7 Å². The number of fused-ring (bicyclic) bond motifs is 1. The summed E-state index contributed by atoms with van der Waals surface area (Å²) in [7, 11) is -4.27. The zero-order chi connectivity index (χ0) is 32.4. The van der Waals surface area contributed by atoms with Gasteiger partial charge in [-0.1, -0.05) is 65.1 Å². The maximum absolute atomic E-state index is 13.6. The maximum atomic E-state index is 13.6. The monoisotopic (exact) mass is 664 g/mol. The van der Waals surface area contributed by atoms with Gasteiger partial charge in [-0.05, 0) is 6.92 Å². The normalized spacial score (nSPS) is 23.2. The van der Waals surface area contributed by atoms with Crippen LogP contribution in [-0.2, 0) is 32.5 Å². The number of ether oxygens (including phenoxy) is 1. The molecule has 15 nitrogen and oxygen atoms in total. The lowest BCUT2D eigenvalue weighted by atomic mass is 9.91. The molecule has 2 aromatic heterocycles. The number of anilines is 2. The number of aliphatic hydroxyl groups is 2. The summed E-state index contributed by atoms with van der Waals surface area (Å²) in [6.07, 6.45) is -2.50. The lowest BCUT2D eigenvalue weighted by molar-refractivity contribution is -0.118. The van der Waals surface area contributed by atoms with E-state index in [0.29, 0.717) is 0 Å². The van der Waals surface area contributed by atoms with Gasteiger partial charge in [0.1, 0.15) is 23.9 Å². The predicted molar refractivity (Wildman–Crippen MR) is 163 cm³/mol. The number of nitrogens with two attached hydrogens (primary N) is 2. The largest absolute Gasteiger partial charge is 0.474 e. The van der Waals surface area contributed by atoms with Crippen LogP contribution >= 0.6 is 31.3 Å². The van der Waals surface area contributed by atoms with Crippen LogP contribution in [0.2, 0.25) is 0 Å². The summed E-state index contributed by atoms with van der Waals surface area (Å²) < 4.78 is 37.3. The van der Waals surface area contributed by atoms with Crippen molar-refractivity contribution >= 4 is 59.0 Å². The van der Waals surface area contributed by atoms with Gasteiger partial charge < -0.3 is 26.4 Å². The van der Waals surface area contributed by atoms with E-state index in [1.165, 1.54) is 17.6 Å². The van der Waals surface area contributed by atoms with Gasteiger partial charge in [0, 0.05) is 22.3 Å². The number of nitrogens with zero attached hydrogens (tertiary/aromatic N) is 4. The Morgan fingerprint density at radius 3 is 2.12 bits per heavy atom. The van der Waals surface area contributed by atoms with Crippen molar-refractivity contribution in [2.75, 3.05) is 42.8 Å². The highest BCUT2D eigenvalue weighted by Gasteiger charge is 2.54. The number of aliphatic hydroxyl groups excluding tert-OH is 1. The number of phosphoric ester groups is 1. The molecule has 242 valence electrons. The van der Waals surface area contributed by atoms with Crippen LogP contribution in [0.15, 0.2) is 6.20 Å². The van der Waals surface area contributed by atoms with Gasteiger partial charge in [0.05, 0.1) is 31.7 Å². The highest BCUT2D eigenvalue weighted by atomic mass is 32.2. The Hall–Kier alpha value is -1.82. The standard InChI is InChI=1S/C25H41N6O9PS2/c1-23(2,3)20(33)42-10-8-37-41(36,38-9-11-43-21(34)24(4,5)6)39-13-15-16(32)25(7,35)17(40-15)14-12-28-19-18(26)29-22(27)30-31(14)19/h12,15-17,32,35H,8-11,13H2,1-7H3,(H4,26,27,29,30)/t15-,16?,17+,25-/m1/s1. The first-order valence-electron chi connectivity index (χ1n) is 13.5. The Bertz CT molecular complexity index is 1320. The van der Waals surface area contributed by atoms with Crippen molar-refractivity contribution in [1.29, 1.82) is 0 Å². The maximum Gasteiger partial charge on any atom is 0.474 e. The number of nitrogen functional groups attached to an aromatic ring is 2. The third-order valence-electron chi connectivity index (χ3n) is 6.25. The second kappa shape index (κ2) is 13.7. The average molecular weight is 665 g/mol. The number of hydrogen-bond acceptors (Lipinski definition) is 16. The first-order chi connectivity index (χ1) is 19.8. The second-order valence-electron chi connectivity index (χ2n) is 12.2. The molecular weight excluding hydrogens is 623 g/mol. The molecular formula is C25H41N6O9PS2. The molecule has 1 fully saturated rings. The van der Waals surface area contributed by atoms with Crippen LogP contribution in [0.1, 0.15) is 60.3 Å². The predicted octanol–water partition coefficient (Wildman–Crippen LogP) is 2.61. The molecule has 4 atom stereocenters. The lowest BCUT2D eigenvalue weighted by Gasteiger charge is -2.26. The van der Waals surface area contributed by atoms with E-state index in [4.69, 9.17) is 29.8 Å². The summed E-state index contributed by atoms with van der Waals surface area (Å²) in [5.74, 6) is 0.247. The van der Waals surface area contributed by atoms with E-state index in [1.54, 1.807) is 41.5 Å². The highest BCUT2D eigenvalue weighted by molar-refractivity contribution is 8.14. The number of thioether (sulfide) groups is 2. The van der Waals surface area contributed by atoms with E-state index >= 15 is 0 Å². The van der Waals surface area contributed by atoms with E-state index in [-0.39, 0.29) is 58.1 Å². The molecule has 18 heteroatoms. The van der Waals surface area contributed by atoms with Crippen molar-refractivity contribution in [3.63, 3.8) is 0 Å². The minimum Gasteiger partial charge on any atom is -0.387 e. The van der Waals surface area contributed by atoms with Crippen LogP contribution in [0.5, 0.6) is 0 Å². The van der Waals surface area contributed by atoms with Gasteiger partial charge in [0.25, 0.3) is 0 Å². The van der Waals surface area contributed by atoms with Crippen molar-refractivity contribution in [1.82, 2.24) is 19.6 Å². The van der Waals surface area contributed by atoms with Crippen LogP contribution in [0.3, 0.4) is 0 Å². The second-order valence-corrected chi connectivity index (χ2v) is 16.0. The SMILES string of the molecule is CC(C)(C)C(=O)SCCOP(=O)(OCCSC(=O)C(C)(C)C)OC[C@H]1O[C@@H](c2cnc3c(N)nc(N)nn23)[C@](C)(O)C1O. The van der Waals surface area contributed by atoms with Gasteiger partial charge in [-0.25, -0.2) is 14.1 Å². The topological polar surface area (TPSA) is 224 Å². The molecule has 0 bridgehead atoms. The summed E-state index contributed by atoms with van der Waals surface area (Å²) in [5.41, 5.74) is 9.02. The average Bonchev–Trinajstić information content (AvgIpc) is 3.40. The van der Waals surface area contributed by atoms with Crippen LogP contribution in [0.4, 0.5) is 11.8 Å². The summed E-state index contributed by atoms with van der Waals surface area (Å²) in [6, 6.07) is 0. The molecule has 3 rings (SSSR count). The molecule has 1 aliphatic heterocycles. The van der Waals surface area contributed by atoms with Gasteiger partial charge >= 0.3 is 7.82 Å². The number of hydrogen-bond donors (Lipinski definition) is 4. The Morgan fingerprint density at radius 1 is 1.07 bits per heavy atom. The van der Waals surface area contributed by atoms with E-state index in [9.17, 15) is 24.4 Å². The Labute approximate surface area is 258 Å². The quantitative estimate of drug-likeness (QED) is 0.189. The molecule has 1 aliphatic rings. The van der Waals surface area contributed by atoms with Gasteiger partial charge in [0.15, 0.2) is 21.7 Å². The molecule has 3 heterocycles. The number of imidazole rings is 1. The summed E-state index contributed by atoms with van der Waals surface area (Å²) in [4.78, 5) is 32.5. The molecule has 1 saturated heterocycles. The fraction of sp³-hybridized carbons (Fsp3) is 0.720. The first-order valence-corrected chi connectivity index (χ1v) is 16.9. The highest BCUT2D eigenvalue weighted by Crippen LogP contribution is 2.51. The fourth-order valence-electron chi connectivity index (χ4n) is 3.81. The summed E-state index contributed by atoms with van der Waals surface area (Å²) in [6.45, 7) is 11.3. The molecule has 43 heavy (non-hydrogen) atoms. The van der Waals surface area contributed by atoms with Crippen molar-refractivity contribution in [2.24, 2.45) is 10.8 Å². The number of phosphoric acid groups is 1. The number of aromatic nitrogens is 4. The molecule has 0 aromatic carbocycles. The molecule has 1 unspecified atom stereocenters. The van der Waals surface area contributed by atoms with Crippen molar-refractivity contribution in [2.45, 2.75) is 72.4 Å². The third-order valence-corrected chi connectivity index (χ3v) is 10.2. The number of carbonyl (C=O) groups is 2. The first kappa shape index (κ1) is 35.7. The van der Waals surface area contributed by atoms with Crippen LogP contribution in [0, 0.1) is 10.8 Å².